The quantitative estimate of drug-likeness (QED) is 0.494. The minimum Gasteiger partial charge on any atom is -0.473 e. The molecule has 0 spiro atoms. The predicted molar refractivity (Wildman–Crippen MR) is 110 cm³/mol. The van der Waals surface area contributed by atoms with Crippen molar-refractivity contribution in [3.05, 3.63) is 47.8 Å². The largest absolute Gasteiger partial charge is 0.473 e. The number of aliphatic carboxylic acids is 2. The van der Waals surface area contributed by atoms with Crippen LogP contribution in [0.5, 0.6) is 0 Å². The topological polar surface area (TPSA) is 90.7 Å². The van der Waals surface area contributed by atoms with Crippen molar-refractivity contribution in [2.75, 3.05) is 26.4 Å². The van der Waals surface area contributed by atoms with E-state index < -0.39 is 11.9 Å². The molecule has 27 heavy (non-hydrogen) atoms. The number of carbonyl (C=O) groups is 2. The number of nitrogens with zero attached hydrogens (tertiary/aromatic N) is 2. The molecule has 8 heteroatoms. The van der Waals surface area contributed by atoms with Crippen molar-refractivity contribution in [2.24, 2.45) is 0 Å². The van der Waals surface area contributed by atoms with E-state index >= 15 is 0 Å². The number of benzene rings is 1. The highest BCUT2D eigenvalue weighted by Crippen LogP contribution is 2.35. The summed E-state index contributed by atoms with van der Waals surface area (Å²) < 4.78 is 0. The monoisotopic (exact) mass is 404 g/mol. The molecule has 0 saturated heterocycles. The number of aromatic nitrogens is 1. The first kappa shape index (κ1) is 20.9. The number of hydrogen-bond acceptors (Lipinski definition) is 6. The van der Waals surface area contributed by atoms with E-state index in [1.54, 1.807) is 11.3 Å². The zero-order valence-electron chi connectivity index (χ0n) is 15.0. The molecule has 0 aliphatic rings. The number of thiophene rings is 1. The zero-order valence-corrected chi connectivity index (χ0v) is 16.6. The van der Waals surface area contributed by atoms with Crippen molar-refractivity contribution in [3.63, 3.8) is 0 Å². The molecule has 0 bridgehead atoms. The maximum atomic E-state index is 9.10. The molecule has 3 aromatic rings. The second kappa shape index (κ2) is 10.1. The smallest absolute Gasteiger partial charge is 0.414 e. The molecule has 0 radical (unpaired) electrons. The third-order valence-corrected chi connectivity index (χ3v) is 5.31. The van der Waals surface area contributed by atoms with Crippen molar-refractivity contribution in [2.45, 2.75) is 5.03 Å². The molecule has 1 aromatic carbocycles. The molecule has 0 unspecified atom stereocenters. The summed E-state index contributed by atoms with van der Waals surface area (Å²) in [6, 6.07) is 14.9. The van der Waals surface area contributed by atoms with Gasteiger partial charge in [0.25, 0.3) is 0 Å². The number of para-hydroxylation sites is 1. The van der Waals surface area contributed by atoms with E-state index in [4.69, 9.17) is 24.8 Å². The number of carboxylic acids is 2. The van der Waals surface area contributed by atoms with Gasteiger partial charge in [0.2, 0.25) is 0 Å². The van der Waals surface area contributed by atoms with Crippen LogP contribution in [0.15, 0.2) is 52.9 Å². The van der Waals surface area contributed by atoms with Crippen LogP contribution in [-0.2, 0) is 9.59 Å². The van der Waals surface area contributed by atoms with Crippen LogP contribution in [-0.4, -0.2) is 58.4 Å². The fourth-order valence-corrected chi connectivity index (χ4v) is 4.09. The lowest BCUT2D eigenvalue weighted by atomic mass is 10.1. The van der Waals surface area contributed by atoms with Gasteiger partial charge in [0.1, 0.15) is 5.03 Å². The van der Waals surface area contributed by atoms with E-state index in [1.807, 2.05) is 11.8 Å². The molecule has 3 rings (SSSR count). The van der Waals surface area contributed by atoms with Gasteiger partial charge < -0.3 is 15.1 Å². The van der Waals surface area contributed by atoms with Crippen molar-refractivity contribution in [3.8, 4) is 10.4 Å². The average molecular weight is 405 g/mol. The van der Waals surface area contributed by atoms with Gasteiger partial charge in [-0.2, -0.15) is 0 Å². The summed E-state index contributed by atoms with van der Waals surface area (Å²) in [5, 5.41) is 19.2. The minimum atomic E-state index is -1.82. The Morgan fingerprint density at radius 2 is 1.81 bits per heavy atom. The van der Waals surface area contributed by atoms with Crippen molar-refractivity contribution in [1.29, 1.82) is 0 Å². The van der Waals surface area contributed by atoms with Crippen LogP contribution in [0.1, 0.15) is 0 Å². The highest BCUT2D eigenvalue weighted by molar-refractivity contribution is 7.99. The Hall–Kier alpha value is -2.42. The Morgan fingerprint density at radius 1 is 1.11 bits per heavy atom. The third kappa shape index (κ3) is 6.35. The summed E-state index contributed by atoms with van der Waals surface area (Å²) in [5.41, 5.74) is 2.33. The van der Waals surface area contributed by atoms with E-state index in [-0.39, 0.29) is 0 Å². The molecule has 2 aromatic heterocycles. The first-order chi connectivity index (χ1) is 12.9. The normalized spacial score (nSPS) is 10.5. The highest BCUT2D eigenvalue weighted by atomic mass is 32.2. The van der Waals surface area contributed by atoms with Crippen LogP contribution in [0.4, 0.5) is 0 Å². The highest BCUT2D eigenvalue weighted by Gasteiger charge is 2.10. The van der Waals surface area contributed by atoms with Gasteiger partial charge in [-0.25, -0.2) is 14.6 Å². The van der Waals surface area contributed by atoms with E-state index in [2.05, 4.69) is 66.8 Å². The van der Waals surface area contributed by atoms with Gasteiger partial charge in [-0.05, 0) is 37.7 Å². The molecular formula is C19H20N2O4S2. The van der Waals surface area contributed by atoms with Crippen LogP contribution in [0.2, 0.25) is 0 Å². The molecule has 2 N–H and O–H groups in total. The van der Waals surface area contributed by atoms with E-state index in [1.165, 1.54) is 15.8 Å². The van der Waals surface area contributed by atoms with Crippen LogP contribution in [0.3, 0.4) is 0 Å². The maximum absolute atomic E-state index is 9.10. The molecule has 0 atom stereocenters. The van der Waals surface area contributed by atoms with E-state index in [9.17, 15) is 0 Å². The van der Waals surface area contributed by atoms with Gasteiger partial charge in [-0.15, -0.1) is 23.1 Å². The molecule has 142 valence electrons. The second-order valence-corrected chi connectivity index (χ2v) is 7.80. The SMILES string of the molecule is CN(C)CCSc1nc2ccccc2cc1-c1cccs1.O=C(O)C(=O)O. The fourth-order valence-electron chi connectivity index (χ4n) is 2.14. The van der Waals surface area contributed by atoms with Gasteiger partial charge in [0.15, 0.2) is 0 Å². The van der Waals surface area contributed by atoms with E-state index in [0.717, 1.165) is 22.8 Å². The van der Waals surface area contributed by atoms with Gasteiger partial charge >= 0.3 is 11.9 Å². The number of pyridine rings is 1. The Labute approximate surface area is 165 Å². The Bertz CT molecular complexity index is 899. The van der Waals surface area contributed by atoms with Gasteiger partial charge in [-0.3, -0.25) is 0 Å². The van der Waals surface area contributed by atoms with Crippen LogP contribution < -0.4 is 0 Å². The molecular weight excluding hydrogens is 384 g/mol. The molecule has 0 amide bonds. The molecule has 2 heterocycles. The van der Waals surface area contributed by atoms with Crippen molar-refractivity contribution < 1.29 is 19.8 Å². The van der Waals surface area contributed by atoms with Gasteiger partial charge in [-0.1, -0.05) is 24.3 Å². The van der Waals surface area contributed by atoms with Crippen LogP contribution in [0.25, 0.3) is 21.3 Å². The minimum absolute atomic E-state index is 1.05. The summed E-state index contributed by atoms with van der Waals surface area (Å²) in [6.07, 6.45) is 0. The lowest BCUT2D eigenvalue weighted by Crippen LogP contribution is -2.14. The summed E-state index contributed by atoms with van der Waals surface area (Å²) in [6.45, 7) is 1.06. The second-order valence-electron chi connectivity index (χ2n) is 5.77. The summed E-state index contributed by atoms with van der Waals surface area (Å²) in [7, 11) is 4.21. The number of thioether (sulfide) groups is 1. The predicted octanol–water partition coefficient (Wildman–Crippen LogP) is 3.77. The standard InChI is InChI=1S/C17H18N2S2.C2H2O4/c1-19(2)9-11-21-17-14(16-8-5-10-20-16)12-13-6-3-4-7-15(13)18-17;3-1(4)2(5)6/h3-8,10,12H,9,11H2,1-2H3;(H,3,4)(H,5,6). The third-order valence-electron chi connectivity index (χ3n) is 3.44. The summed E-state index contributed by atoms with van der Waals surface area (Å²) in [5.74, 6) is -2.60. The summed E-state index contributed by atoms with van der Waals surface area (Å²) in [4.78, 5) is 26.6. The molecule has 0 saturated carbocycles. The number of carboxylic acid groups (broad SMARTS) is 2. The van der Waals surface area contributed by atoms with Gasteiger partial charge in [0.05, 0.1) is 5.52 Å². The van der Waals surface area contributed by atoms with Crippen molar-refractivity contribution >= 4 is 45.9 Å². The van der Waals surface area contributed by atoms with E-state index in [0.29, 0.717) is 0 Å². The lowest BCUT2D eigenvalue weighted by Gasteiger charge is -2.11. The zero-order chi connectivity index (χ0) is 19.8. The number of fused-ring (bicyclic) bond motifs is 1. The number of rotatable bonds is 5. The molecule has 6 nitrogen and oxygen atoms in total. The Morgan fingerprint density at radius 3 is 2.41 bits per heavy atom. The van der Waals surface area contributed by atoms with Gasteiger partial charge in [0, 0.05) is 28.1 Å². The Balaban J connectivity index is 0.000000380. The molecule has 0 aliphatic heterocycles. The fraction of sp³-hybridized carbons (Fsp3) is 0.211. The average Bonchev–Trinajstić information content (AvgIpc) is 3.15. The summed E-state index contributed by atoms with van der Waals surface area (Å²) >= 11 is 3.62. The molecule has 0 fully saturated rings. The van der Waals surface area contributed by atoms with Crippen LogP contribution in [0, 0.1) is 0 Å². The molecule has 0 aliphatic carbocycles. The van der Waals surface area contributed by atoms with Crippen LogP contribution >= 0.6 is 23.1 Å². The number of hydrogen-bond donors (Lipinski definition) is 2. The first-order valence-electron chi connectivity index (χ1n) is 8.06. The van der Waals surface area contributed by atoms with Crippen molar-refractivity contribution in [1.82, 2.24) is 9.88 Å². The maximum Gasteiger partial charge on any atom is 0.414 e. The first-order valence-corrected chi connectivity index (χ1v) is 9.92. The Kier molecular flexibility index (Phi) is 7.78. The lowest BCUT2D eigenvalue weighted by molar-refractivity contribution is -0.159.